The van der Waals surface area contributed by atoms with Crippen molar-refractivity contribution in [3.05, 3.63) is 18.2 Å². The van der Waals surface area contributed by atoms with Crippen molar-refractivity contribution in [2.45, 2.75) is 38.1 Å². The summed E-state index contributed by atoms with van der Waals surface area (Å²) in [6, 6.07) is 6.51. The van der Waals surface area contributed by atoms with E-state index in [0.717, 1.165) is 16.3 Å². The normalized spacial score (nSPS) is 17.4. The number of hydrogen-bond donors (Lipinski definition) is 2. The van der Waals surface area contributed by atoms with E-state index < -0.39 is 0 Å². The van der Waals surface area contributed by atoms with Crippen molar-refractivity contribution in [3.63, 3.8) is 0 Å². The van der Waals surface area contributed by atoms with E-state index in [1.807, 2.05) is 18.2 Å². The summed E-state index contributed by atoms with van der Waals surface area (Å²) < 4.78 is 1.17. The maximum atomic E-state index is 5.78. The van der Waals surface area contributed by atoms with Crippen LogP contribution in [0.25, 0.3) is 10.2 Å². The van der Waals surface area contributed by atoms with Crippen molar-refractivity contribution in [2.24, 2.45) is 0 Å². The molecule has 3 rings (SSSR count). The lowest BCUT2D eigenvalue weighted by Crippen LogP contribution is -2.21. The highest BCUT2D eigenvalue weighted by Gasteiger charge is 2.14. The van der Waals surface area contributed by atoms with Gasteiger partial charge in [-0.25, -0.2) is 4.98 Å². The Morgan fingerprint density at radius 3 is 2.88 bits per heavy atom. The van der Waals surface area contributed by atoms with Crippen LogP contribution in [0.2, 0.25) is 0 Å². The molecule has 4 heteroatoms. The van der Waals surface area contributed by atoms with Crippen LogP contribution in [0.3, 0.4) is 0 Å². The molecule has 0 radical (unpaired) electrons. The first-order valence-corrected chi connectivity index (χ1v) is 7.05. The molecule has 0 spiro atoms. The molecule has 90 valence electrons. The van der Waals surface area contributed by atoms with E-state index in [0.29, 0.717) is 6.04 Å². The fourth-order valence-corrected chi connectivity index (χ4v) is 3.42. The van der Waals surface area contributed by atoms with Crippen molar-refractivity contribution in [2.75, 3.05) is 11.1 Å². The Morgan fingerprint density at radius 1 is 1.24 bits per heavy atom. The summed E-state index contributed by atoms with van der Waals surface area (Å²) in [5.74, 6) is 0. The Hall–Kier alpha value is -1.29. The van der Waals surface area contributed by atoms with Crippen molar-refractivity contribution >= 4 is 32.4 Å². The zero-order valence-electron chi connectivity index (χ0n) is 9.78. The van der Waals surface area contributed by atoms with Crippen LogP contribution in [0, 0.1) is 0 Å². The number of benzene rings is 1. The number of anilines is 2. The second-order valence-electron chi connectivity index (χ2n) is 4.73. The number of nitrogen functional groups attached to an aromatic ring is 1. The summed E-state index contributed by atoms with van der Waals surface area (Å²) >= 11 is 1.70. The van der Waals surface area contributed by atoms with E-state index in [9.17, 15) is 0 Å². The van der Waals surface area contributed by atoms with Crippen LogP contribution < -0.4 is 11.1 Å². The van der Waals surface area contributed by atoms with Gasteiger partial charge in [-0.3, -0.25) is 0 Å². The maximum Gasteiger partial charge on any atom is 0.184 e. The number of hydrogen-bond acceptors (Lipinski definition) is 4. The molecule has 1 aromatic carbocycles. The molecule has 1 aliphatic rings. The van der Waals surface area contributed by atoms with Crippen LogP contribution >= 0.6 is 11.3 Å². The third-order valence-electron chi connectivity index (χ3n) is 3.35. The van der Waals surface area contributed by atoms with Crippen molar-refractivity contribution < 1.29 is 0 Å². The number of rotatable bonds is 2. The highest BCUT2D eigenvalue weighted by Crippen LogP contribution is 2.29. The molecular weight excluding hydrogens is 230 g/mol. The summed E-state index contributed by atoms with van der Waals surface area (Å²) in [5, 5.41) is 4.60. The Morgan fingerprint density at radius 2 is 2.06 bits per heavy atom. The Kier molecular flexibility index (Phi) is 2.89. The SMILES string of the molecule is Nc1ccc2nc(NC3CCCCC3)sc2c1. The number of nitrogens with one attached hydrogen (secondary N) is 1. The first-order valence-electron chi connectivity index (χ1n) is 6.24. The van der Waals surface area contributed by atoms with Gasteiger partial charge in [0.05, 0.1) is 10.2 Å². The molecule has 1 saturated carbocycles. The molecule has 0 saturated heterocycles. The van der Waals surface area contributed by atoms with Gasteiger partial charge in [0.25, 0.3) is 0 Å². The van der Waals surface area contributed by atoms with E-state index in [1.165, 1.54) is 36.8 Å². The number of thiazole rings is 1. The van der Waals surface area contributed by atoms with Crippen LogP contribution in [-0.2, 0) is 0 Å². The molecule has 2 aromatic rings. The van der Waals surface area contributed by atoms with Crippen molar-refractivity contribution in [1.29, 1.82) is 0 Å². The predicted octanol–water partition coefficient (Wildman–Crippen LogP) is 3.62. The van der Waals surface area contributed by atoms with E-state index in [2.05, 4.69) is 10.3 Å². The lowest BCUT2D eigenvalue weighted by Gasteiger charge is -2.22. The molecule has 0 amide bonds. The van der Waals surface area contributed by atoms with Gasteiger partial charge in [-0.05, 0) is 31.0 Å². The molecule has 1 heterocycles. The minimum absolute atomic E-state index is 0.613. The van der Waals surface area contributed by atoms with Gasteiger partial charge in [0.2, 0.25) is 0 Å². The highest BCUT2D eigenvalue weighted by molar-refractivity contribution is 7.22. The van der Waals surface area contributed by atoms with Crippen molar-refractivity contribution in [3.8, 4) is 0 Å². The molecule has 0 aliphatic heterocycles. The van der Waals surface area contributed by atoms with Crippen molar-refractivity contribution in [1.82, 2.24) is 4.98 Å². The Labute approximate surface area is 105 Å². The zero-order chi connectivity index (χ0) is 11.7. The molecule has 1 fully saturated rings. The minimum Gasteiger partial charge on any atom is -0.399 e. The third kappa shape index (κ3) is 2.36. The summed E-state index contributed by atoms with van der Waals surface area (Å²) in [6.07, 6.45) is 6.62. The molecule has 0 atom stereocenters. The molecule has 1 aromatic heterocycles. The highest BCUT2D eigenvalue weighted by atomic mass is 32.1. The largest absolute Gasteiger partial charge is 0.399 e. The minimum atomic E-state index is 0.613. The average Bonchev–Trinajstić information content (AvgIpc) is 2.71. The topological polar surface area (TPSA) is 50.9 Å². The molecule has 3 N–H and O–H groups in total. The monoisotopic (exact) mass is 247 g/mol. The summed E-state index contributed by atoms with van der Waals surface area (Å²) in [6.45, 7) is 0. The molecular formula is C13H17N3S. The van der Waals surface area contributed by atoms with Crippen LogP contribution in [0.1, 0.15) is 32.1 Å². The fraction of sp³-hybridized carbons (Fsp3) is 0.462. The number of aromatic nitrogens is 1. The Balaban J connectivity index is 1.80. The summed E-state index contributed by atoms with van der Waals surface area (Å²) in [7, 11) is 0. The molecule has 0 bridgehead atoms. The predicted molar refractivity (Wildman–Crippen MR) is 74.5 cm³/mol. The quantitative estimate of drug-likeness (QED) is 0.797. The maximum absolute atomic E-state index is 5.78. The van der Waals surface area contributed by atoms with E-state index in [1.54, 1.807) is 11.3 Å². The van der Waals surface area contributed by atoms with Crippen LogP contribution in [0.15, 0.2) is 18.2 Å². The molecule has 0 unspecified atom stereocenters. The lowest BCUT2D eigenvalue weighted by molar-refractivity contribution is 0.462. The average molecular weight is 247 g/mol. The van der Waals surface area contributed by atoms with Gasteiger partial charge in [0, 0.05) is 11.7 Å². The number of nitrogens with zero attached hydrogens (tertiary/aromatic N) is 1. The van der Waals surface area contributed by atoms with Gasteiger partial charge >= 0.3 is 0 Å². The van der Waals surface area contributed by atoms with E-state index in [4.69, 9.17) is 5.73 Å². The van der Waals surface area contributed by atoms with Gasteiger partial charge < -0.3 is 11.1 Å². The first-order chi connectivity index (χ1) is 8.31. The smallest absolute Gasteiger partial charge is 0.184 e. The van der Waals surface area contributed by atoms with Crippen LogP contribution in [0.5, 0.6) is 0 Å². The second kappa shape index (κ2) is 4.53. The number of fused-ring (bicyclic) bond motifs is 1. The molecule has 3 nitrogen and oxygen atoms in total. The fourth-order valence-electron chi connectivity index (χ4n) is 2.42. The van der Waals surface area contributed by atoms with Gasteiger partial charge in [-0.15, -0.1) is 0 Å². The standard InChI is InChI=1S/C13H17N3S/c14-9-6-7-11-12(8-9)17-13(16-11)15-10-4-2-1-3-5-10/h6-8,10H,1-5,14H2,(H,15,16). The van der Waals surface area contributed by atoms with E-state index in [-0.39, 0.29) is 0 Å². The molecule has 1 aliphatic carbocycles. The first kappa shape index (κ1) is 10.8. The van der Waals surface area contributed by atoms with Gasteiger partial charge in [0.15, 0.2) is 5.13 Å². The van der Waals surface area contributed by atoms with Gasteiger partial charge in [0.1, 0.15) is 0 Å². The van der Waals surface area contributed by atoms with Gasteiger partial charge in [-0.1, -0.05) is 30.6 Å². The molecule has 17 heavy (non-hydrogen) atoms. The Bertz CT molecular complexity index is 514. The zero-order valence-corrected chi connectivity index (χ0v) is 10.6. The van der Waals surface area contributed by atoms with Gasteiger partial charge in [-0.2, -0.15) is 0 Å². The summed E-state index contributed by atoms with van der Waals surface area (Å²) in [4.78, 5) is 4.60. The number of nitrogens with two attached hydrogens (primary N) is 1. The second-order valence-corrected chi connectivity index (χ2v) is 5.76. The van der Waals surface area contributed by atoms with Crippen LogP contribution in [0.4, 0.5) is 10.8 Å². The summed E-state index contributed by atoms with van der Waals surface area (Å²) in [5.41, 5.74) is 7.63. The van der Waals surface area contributed by atoms with Crippen LogP contribution in [-0.4, -0.2) is 11.0 Å². The van der Waals surface area contributed by atoms with E-state index >= 15 is 0 Å². The third-order valence-corrected chi connectivity index (χ3v) is 4.29. The lowest BCUT2D eigenvalue weighted by atomic mass is 9.96.